The van der Waals surface area contributed by atoms with Gasteiger partial charge in [0, 0.05) is 34.0 Å². The fourth-order valence-electron chi connectivity index (χ4n) is 3.16. The number of halogens is 1. The van der Waals surface area contributed by atoms with Crippen LogP contribution in [0, 0.1) is 6.92 Å². The number of amides is 1. The highest BCUT2D eigenvalue weighted by molar-refractivity contribution is 9.10. The molecule has 0 fully saturated rings. The van der Waals surface area contributed by atoms with E-state index < -0.39 is 0 Å². The van der Waals surface area contributed by atoms with Gasteiger partial charge in [-0.15, -0.1) is 0 Å². The normalized spacial score (nSPS) is 10.6. The minimum Gasteiger partial charge on any atom is -0.493 e. The lowest BCUT2D eigenvalue weighted by molar-refractivity contribution is 0.102. The number of methoxy groups -OCH3 is 2. The topological polar surface area (TPSA) is 82.6 Å². The first-order chi connectivity index (χ1) is 15.5. The number of aryl methyl sites for hydroxylation is 1. The van der Waals surface area contributed by atoms with E-state index in [0.29, 0.717) is 38.9 Å². The quantitative estimate of drug-likeness (QED) is 0.367. The lowest BCUT2D eigenvalue weighted by Crippen LogP contribution is -2.14. The van der Waals surface area contributed by atoms with Crippen LogP contribution in [-0.2, 0) is 0 Å². The van der Waals surface area contributed by atoms with Crippen molar-refractivity contribution in [3.8, 4) is 23.0 Å². The molecule has 1 N–H and O–H groups in total. The number of hydrogen-bond acceptors (Lipinski definition) is 6. The molecule has 162 valence electrons. The molecule has 2 aromatic carbocycles. The molecule has 2 aromatic heterocycles. The van der Waals surface area contributed by atoms with Crippen LogP contribution < -0.4 is 19.5 Å². The van der Waals surface area contributed by atoms with Crippen molar-refractivity contribution in [3.05, 3.63) is 76.7 Å². The molecule has 0 radical (unpaired) electrons. The molecule has 0 saturated heterocycles. The Balaban J connectivity index is 1.54. The Bertz CT molecular complexity index is 1290. The number of hydrogen-bond donors (Lipinski definition) is 1. The molecule has 4 aromatic rings. The van der Waals surface area contributed by atoms with E-state index in [-0.39, 0.29) is 5.91 Å². The maximum absolute atomic E-state index is 12.5. The highest BCUT2D eigenvalue weighted by Gasteiger charge is 2.13. The SMILES string of the molecule is COc1cc2nccc(Oc3ccc(NC(=O)c4ncc(C)cc4Br)cc3)c2cc1OC. The number of ether oxygens (including phenoxy) is 3. The van der Waals surface area contributed by atoms with E-state index in [1.54, 1.807) is 63.0 Å². The third kappa shape index (κ3) is 4.50. The average Bonchev–Trinajstić information content (AvgIpc) is 2.79. The molecule has 0 saturated carbocycles. The molecule has 0 unspecified atom stereocenters. The molecule has 0 bridgehead atoms. The van der Waals surface area contributed by atoms with Crippen molar-refractivity contribution in [1.82, 2.24) is 9.97 Å². The van der Waals surface area contributed by atoms with Gasteiger partial charge < -0.3 is 19.5 Å². The zero-order chi connectivity index (χ0) is 22.7. The van der Waals surface area contributed by atoms with Crippen molar-refractivity contribution in [2.75, 3.05) is 19.5 Å². The Labute approximate surface area is 193 Å². The molecule has 0 aliphatic heterocycles. The van der Waals surface area contributed by atoms with Crippen LogP contribution in [-0.4, -0.2) is 30.1 Å². The number of rotatable bonds is 6. The van der Waals surface area contributed by atoms with Crippen molar-refractivity contribution in [2.45, 2.75) is 6.92 Å². The number of fused-ring (bicyclic) bond motifs is 1. The third-order valence-corrected chi connectivity index (χ3v) is 5.34. The van der Waals surface area contributed by atoms with Crippen molar-refractivity contribution >= 4 is 38.4 Å². The van der Waals surface area contributed by atoms with Crippen LogP contribution >= 0.6 is 15.9 Å². The maximum Gasteiger partial charge on any atom is 0.275 e. The van der Waals surface area contributed by atoms with E-state index in [0.717, 1.165) is 16.5 Å². The number of carbonyl (C=O) groups is 1. The van der Waals surface area contributed by atoms with E-state index in [9.17, 15) is 4.79 Å². The molecule has 0 aliphatic carbocycles. The zero-order valence-corrected chi connectivity index (χ0v) is 19.3. The van der Waals surface area contributed by atoms with Crippen molar-refractivity contribution in [2.24, 2.45) is 0 Å². The number of nitrogens with one attached hydrogen (secondary N) is 1. The third-order valence-electron chi connectivity index (χ3n) is 4.74. The number of benzene rings is 2. The molecular formula is C24H20BrN3O4. The number of anilines is 1. The maximum atomic E-state index is 12.5. The Morgan fingerprint density at radius 3 is 2.34 bits per heavy atom. The lowest BCUT2D eigenvalue weighted by Gasteiger charge is -2.13. The molecule has 32 heavy (non-hydrogen) atoms. The molecule has 0 atom stereocenters. The van der Waals surface area contributed by atoms with Gasteiger partial charge in [-0.3, -0.25) is 9.78 Å². The van der Waals surface area contributed by atoms with Crippen LogP contribution in [0.25, 0.3) is 10.9 Å². The first-order valence-electron chi connectivity index (χ1n) is 9.70. The molecule has 2 heterocycles. The number of aromatic nitrogens is 2. The van der Waals surface area contributed by atoms with Crippen LogP contribution in [0.5, 0.6) is 23.0 Å². The minimum absolute atomic E-state index is 0.299. The van der Waals surface area contributed by atoms with E-state index in [1.807, 2.05) is 19.1 Å². The van der Waals surface area contributed by atoms with E-state index in [1.165, 1.54) is 0 Å². The summed E-state index contributed by atoms with van der Waals surface area (Å²) in [6, 6.07) is 14.4. The number of nitrogens with zero attached hydrogens (tertiary/aromatic N) is 2. The van der Waals surface area contributed by atoms with Gasteiger partial charge in [0.2, 0.25) is 0 Å². The van der Waals surface area contributed by atoms with Crippen molar-refractivity contribution in [1.29, 1.82) is 0 Å². The Kier molecular flexibility index (Phi) is 6.23. The van der Waals surface area contributed by atoms with Gasteiger partial charge in [0.1, 0.15) is 17.2 Å². The lowest BCUT2D eigenvalue weighted by atomic mass is 10.2. The smallest absolute Gasteiger partial charge is 0.275 e. The monoisotopic (exact) mass is 493 g/mol. The molecule has 4 rings (SSSR count). The summed E-state index contributed by atoms with van der Waals surface area (Å²) in [7, 11) is 3.16. The summed E-state index contributed by atoms with van der Waals surface area (Å²) >= 11 is 3.38. The van der Waals surface area contributed by atoms with Crippen molar-refractivity contribution in [3.63, 3.8) is 0 Å². The van der Waals surface area contributed by atoms with Crippen LogP contribution in [0.3, 0.4) is 0 Å². The Morgan fingerprint density at radius 1 is 0.938 bits per heavy atom. The van der Waals surface area contributed by atoms with Gasteiger partial charge in [-0.1, -0.05) is 0 Å². The number of carbonyl (C=O) groups excluding carboxylic acids is 1. The van der Waals surface area contributed by atoms with Gasteiger partial charge in [0.25, 0.3) is 5.91 Å². The fourth-order valence-corrected chi connectivity index (χ4v) is 3.80. The molecule has 1 amide bonds. The highest BCUT2D eigenvalue weighted by atomic mass is 79.9. The Morgan fingerprint density at radius 2 is 1.66 bits per heavy atom. The second-order valence-corrected chi connectivity index (χ2v) is 7.81. The summed E-state index contributed by atoms with van der Waals surface area (Å²) in [5.41, 5.74) is 2.64. The van der Waals surface area contributed by atoms with E-state index >= 15 is 0 Å². The fraction of sp³-hybridized carbons (Fsp3) is 0.125. The van der Waals surface area contributed by atoms with Gasteiger partial charge in [0.05, 0.1) is 19.7 Å². The summed E-state index contributed by atoms with van der Waals surface area (Å²) in [5, 5.41) is 3.63. The predicted octanol–water partition coefficient (Wildman–Crippen LogP) is 5.76. The van der Waals surface area contributed by atoms with Gasteiger partial charge >= 0.3 is 0 Å². The first-order valence-corrected chi connectivity index (χ1v) is 10.5. The Hall–Kier alpha value is -3.65. The number of pyridine rings is 2. The van der Waals surface area contributed by atoms with Gasteiger partial charge in [-0.05, 0) is 70.9 Å². The molecule has 8 heteroatoms. The van der Waals surface area contributed by atoms with E-state index in [4.69, 9.17) is 14.2 Å². The van der Waals surface area contributed by atoms with Crippen molar-refractivity contribution < 1.29 is 19.0 Å². The summed E-state index contributed by atoms with van der Waals surface area (Å²) in [6.07, 6.45) is 3.32. The summed E-state index contributed by atoms with van der Waals surface area (Å²) in [4.78, 5) is 21.1. The molecular weight excluding hydrogens is 474 g/mol. The van der Waals surface area contributed by atoms with E-state index in [2.05, 4.69) is 31.2 Å². The first kappa shape index (κ1) is 21.6. The van der Waals surface area contributed by atoms with Gasteiger partial charge in [0.15, 0.2) is 11.5 Å². The van der Waals surface area contributed by atoms with Gasteiger partial charge in [-0.2, -0.15) is 0 Å². The molecule has 0 spiro atoms. The van der Waals surface area contributed by atoms with Crippen LogP contribution in [0.1, 0.15) is 16.1 Å². The highest BCUT2D eigenvalue weighted by Crippen LogP contribution is 2.37. The summed E-state index contributed by atoms with van der Waals surface area (Å²) in [5.74, 6) is 2.12. The van der Waals surface area contributed by atoms with Crippen LogP contribution in [0.4, 0.5) is 5.69 Å². The molecule has 0 aliphatic rings. The van der Waals surface area contributed by atoms with Crippen LogP contribution in [0.2, 0.25) is 0 Å². The predicted molar refractivity (Wildman–Crippen MR) is 126 cm³/mol. The second-order valence-electron chi connectivity index (χ2n) is 6.96. The average molecular weight is 494 g/mol. The zero-order valence-electron chi connectivity index (χ0n) is 17.7. The molecule has 7 nitrogen and oxygen atoms in total. The summed E-state index contributed by atoms with van der Waals surface area (Å²) in [6.45, 7) is 1.91. The minimum atomic E-state index is -0.299. The standard InChI is InChI=1S/C24H20BrN3O4/c1-14-10-18(25)23(27-13-14)24(29)28-15-4-6-16(7-5-15)32-20-8-9-26-19-12-22(31-3)21(30-2)11-17(19)20/h4-13H,1-3H3,(H,28,29). The summed E-state index contributed by atoms with van der Waals surface area (Å²) < 4.78 is 17.5. The van der Waals surface area contributed by atoms with Crippen LogP contribution in [0.15, 0.2) is 65.4 Å². The largest absolute Gasteiger partial charge is 0.493 e. The van der Waals surface area contributed by atoms with Gasteiger partial charge in [-0.25, -0.2) is 4.98 Å². The second kappa shape index (κ2) is 9.23.